The molecule has 15 heavy (non-hydrogen) atoms. The van der Waals surface area contributed by atoms with E-state index in [1.165, 1.54) is 12.3 Å². The van der Waals surface area contributed by atoms with Crippen LogP contribution in [-0.2, 0) is 0 Å². The fraction of sp³-hybridized carbons (Fsp3) is 0.182. The monoisotopic (exact) mass is 207 g/mol. The van der Waals surface area contributed by atoms with Gasteiger partial charge in [-0.05, 0) is 25.1 Å². The first kappa shape index (κ1) is 9.86. The van der Waals surface area contributed by atoms with Gasteiger partial charge in [0.2, 0.25) is 0 Å². The number of halogens is 1. The lowest BCUT2D eigenvalue weighted by atomic mass is 10.1. The average molecular weight is 207 g/mol. The number of aryl methyl sites for hydroxylation is 1. The molecule has 0 aliphatic heterocycles. The Morgan fingerprint density at radius 2 is 2.20 bits per heavy atom. The van der Waals surface area contributed by atoms with Crippen molar-refractivity contribution in [1.29, 1.82) is 0 Å². The van der Waals surface area contributed by atoms with Crippen molar-refractivity contribution in [3.8, 4) is 0 Å². The van der Waals surface area contributed by atoms with E-state index in [0.717, 1.165) is 6.20 Å². The summed E-state index contributed by atoms with van der Waals surface area (Å²) in [5, 5.41) is 9.82. The minimum atomic E-state index is -1.08. The summed E-state index contributed by atoms with van der Waals surface area (Å²) < 4.78 is 18.5. The van der Waals surface area contributed by atoms with Gasteiger partial charge in [-0.25, -0.2) is 4.39 Å². The van der Waals surface area contributed by atoms with Gasteiger partial charge in [0.1, 0.15) is 23.4 Å². The summed E-state index contributed by atoms with van der Waals surface area (Å²) in [5.41, 5.74) is 0.166. The summed E-state index contributed by atoms with van der Waals surface area (Å²) in [5.74, 6) is 0.468. The van der Waals surface area contributed by atoms with Crippen molar-refractivity contribution < 1.29 is 13.9 Å². The lowest BCUT2D eigenvalue weighted by Gasteiger charge is -2.08. The highest BCUT2D eigenvalue weighted by atomic mass is 19.1. The molecule has 0 radical (unpaired) electrons. The van der Waals surface area contributed by atoms with E-state index in [1.54, 1.807) is 19.1 Å². The molecule has 0 aliphatic carbocycles. The van der Waals surface area contributed by atoms with Crippen molar-refractivity contribution in [2.45, 2.75) is 13.0 Å². The predicted octanol–water partition coefficient (Wildman–Crippen LogP) is 2.20. The minimum Gasteiger partial charge on any atom is -0.463 e. The molecule has 2 aromatic rings. The molecule has 0 amide bonds. The zero-order chi connectivity index (χ0) is 10.8. The van der Waals surface area contributed by atoms with Gasteiger partial charge in [-0.15, -0.1) is 0 Å². The number of nitrogens with zero attached hydrogens (tertiary/aromatic N) is 1. The standard InChI is InChI=1S/C11H10FNO2/c1-7-2-3-10(15-7)11(14)8-4-5-13-6-9(8)12/h2-6,11,14H,1H3. The molecule has 0 aliphatic rings. The van der Waals surface area contributed by atoms with Crippen molar-refractivity contribution in [3.05, 3.63) is 53.5 Å². The van der Waals surface area contributed by atoms with Crippen LogP contribution in [0.15, 0.2) is 35.0 Å². The van der Waals surface area contributed by atoms with E-state index >= 15 is 0 Å². The van der Waals surface area contributed by atoms with Crippen LogP contribution < -0.4 is 0 Å². The molecule has 1 unspecified atom stereocenters. The van der Waals surface area contributed by atoms with E-state index in [2.05, 4.69) is 4.98 Å². The first-order chi connectivity index (χ1) is 7.18. The minimum absolute atomic E-state index is 0.166. The number of pyridine rings is 1. The highest BCUT2D eigenvalue weighted by Gasteiger charge is 2.17. The van der Waals surface area contributed by atoms with E-state index in [0.29, 0.717) is 11.5 Å². The number of hydrogen-bond donors (Lipinski definition) is 1. The smallest absolute Gasteiger partial charge is 0.147 e. The summed E-state index contributed by atoms with van der Waals surface area (Å²) in [6.07, 6.45) is 1.41. The van der Waals surface area contributed by atoms with Crippen LogP contribution in [0.5, 0.6) is 0 Å². The summed E-state index contributed by atoms with van der Waals surface area (Å²) in [7, 11) is 0. The van der Waals surface area contributed by atoms with Gasteiger partial charge in [0.25, 0.3) is 0 Å². The second-order valence-corrected chi connectivity index (χ2v) is 3.25. The SMILES string of the molecule is Cc1ccc(C(O)c2ccncc2F)o1. The molecular weight excluding hydrogens is 197 g/mol. The maximum absolute atomic E-state index is 13.3. The zero-order valence-corrected chi connectivity index (χ0v) is 8.14. The van der Waals surface area contributed by atoms with Crippen LogP contribution in [0.25, 0.3) is 0 Å². The molecule has 0 saturated carbocycles. The highest BCUT2D eigenvalue weighted by Crippen LogP contribution is 2.24. The molecule has 0 spiro atoms. The average Bonchev–Trinajstić information content (AvgIpc) is 2.65. The van der Waals surface area contributed by atoms with Crippen molar-refractivity contribution in [3.63, 3.8) is 0 Å². The summed E-state index contributed by atoms with van der Waals surface area (Å²) in [6, 6.07) is 4.77. The van der Waals surface area contributed by atoms with Crippen LogP contribution in [0.1, 0.15) is 23.2 Å². The summed E-state index contributed by atoms with van der Waals surface area (Å²) in [4.78, 5) is 3.61. The van der Waals surface area contributed by atoms with E-state index < -0.39 is 11.9 Å². The molecule has 4 heteroatoms. The quantitative estimate of drug-likeness (QED) is 0.821. The number of furan rings is 1. The molecule has 1 N–H and O–H groups in total. The third-order valence-electron chi connectivity index (χ3n) is 2.13. The van der Waals surface area contributed by atoms with Crippen molar-refractivity contribution in [2.24, 2.45) is 0 Å². The molecule has 1 atom stereocenters. The molecule has 0 bridgehead atoms. The lowest BCUT2D eigenvalue weighted by molar-refractivity contribution is 0.183. The highest BCUT2D eigenvalue weighted by molar-refractivity contribution is 5.24. The molecule has 2 heterocycles. The van der Waals surface area contributed by atoms with Crippen molar-refractivity contribution >= 4 is 0 Å². The number of aliphatic hydroxyl groups is 1. The molecule has 0 fully saturated rings. The normalized spacial score (nSPS) is 12.7. The Balaban J connectivity index is 2.36. The van der Waals surface area contributed by atoms with Gasteiger partial charge < -0.3 is 9.52 Å². The molecule has 2 aromatic heterocycles. The Bertz CT molecular complexity index is 467. The molecular formula is C11H10FNO2. The fourth-order valence-electron chi connectivity index (χ4n) is 1.36. The Morgan fingerprint density at radius 3 is 2.80 bits per heavy atom. The van der Waals surface area contributed by atoms with Crippen molar-refractivity contribution in [1.82, 2.24) is 4.98 Å². The number of aromatic nitrogens is 1. The molecule has 78 valence electrons. The third-order valence-corrected chi connectivity index (χ3v) is 2.13. The molecule has 0 saturated heterocycles. The summed E-state index contributed by atoms with van der Waals surface area (Å²) >= 11 is 0. The van der Waals surface area contributed by atoms with Gasteiger partial charge in [0, 0.05) is 11.8 Å². The maximum atomic E-state index is 13.3. The van der Waals surface area contributed by atoms with E-state index in [9.17, 15) is 9.50 Å². The molecule has 0 aromatic carbocycles. The first-order valence-electron chi connectivity index (χ1n) is 4.52. The Labute approximate surface area is 86.2 Å². The van der Waals surface area contributed by atoms with E-state index in [1.807, 2.05) is 0 Å². The Kier molecular flexibility index (Phi) is 2.51. The van der Waals surface area contributed by atoms with Gasteiger partial charge in [0.15, 0.2) is 0 Å². The number of hydrogen-bond acceptors (Lipinski definition) is 3. The predicted molar refractivity (Wildman–Crippen MR) is 51.7 cm³/mol. The number of rotatable bonds is 2. The van der Waals surface area contributed by atoms with Gasteiger partial charge in [-0.1, -0.05) is 0 Å². The van der Waals surface area contributed by atoms with Crippen LogP contribution >= 0.6 is 0 Å². The largest absolute Gasteiger partial charge is 0.463 e. The number of aliphatic hydroxyl groups excluding tert-OH is 1. The van der Waals surface area contributed by atoms with Crippen LogP contribution in [-0.4, -0.2) is 10.1 Å². The van der Waals surface area contributed by atoms with Crippen molar-refractivity contribution in [2.75, 3.05) is 0 Å². The summed E-state index contributed by atoms with van der Waals surface area (Å²) in [6.45, 7) is 1.76. The second-order valence-electron chi connectivity index (χ2n) is 3.25. The molecule has 3 nitrogen and oxygen atoms in total. The first-order valence-corrected chi connectivity index (χ1v) is 4.52. The van der Waals surface area contributed by atoms with Crippen LogP contribution in [0.3, 0.4) is 0 Å². The fourth-order valence-corrected chi connectivity index (χ4v) is 1.36. The van der Waals surface area contributed by atoms with Gasteiger partial charge in [0.05, 0.1) is 6.20 Å². The lowest BCUT2D eigenvalue weighted by Crippen LogP contribution is -2.01. The topological polar surface area (TPSA) is 46.3 Å². The molecule has 2 rings (SSSR count). The van der Waals surface area contributed by atoms with Gasteiger partial charge in [-0.3, -0.25) is 4.98 Å². The van der Waals surface area contributed by atoms with E-state index in [-0.39, 0.29) is 5.56 Å². The van der Waals surface area contributed by atoms with E-state index in [4.69, 9.17) is 4.42 Å². The van der Waals surface area contributed by atoms with Crippen LogP contribution in [0.4, 0.5) is 4.39 Å². The Hall–Kier alpha value is -1.68. The van der Waals surface area contributed by atoms with Crippen LogP contribution in [0.2, 0.25) is 0 Å². The maximum Gasteiger partial charge on any atom is 0.147 e. The van der Waals surface area contributed by atoms with Crippen LogP contribution in [0, 0.1) is 12.7 Å². The Morgan fingerprint density at radius 1 is 1.40 bits per heavy atom. The van der Waals surface area contributed by atoms with Gasteiger partial charge in [-0.2, -0.15) is 0 Å². The third kappa shape index (κ3) is 1.89. The zero-order valence-electron chi connectivity index (χ0n) is 8.14. The van der Waals surface area contributed by atoms with Gasteiger partial charge >= 0.3 is 0 Å². The second kappa shape index (κ2) is 3.82.